The van der Waals surface area contributed by atoms with Gasteiger partial charge in [-0.15, -0.1) is 10.2 Å². The zero-order chi connectivity index (χ0) is 13.5. The highest BCUT2D eigenvalue weighted by Gasteiger charge is 2.29. The third kappa shape index (κ3) is 2.35. The van der Waals surface area contributed by atoms with Crippen LogP contribution in [0.25, 0.3) is 5.65 Å². The molecule has 3 heterocycles. The molecule has 1 atom stereocenters. The Morgan fingerprint density at radius 2 is 2.21 bits per heavy atom. The SMILES string of the molecule is NCc1cccc2nnc(CC3CCS(=O)(=O)C3)n12. The number of hydrogen-bond acceptors (Lipinski definition) is 5. The lowest BCUT2D eigenvalue weighted by Crippen LogP contribution is -2.12. The van der Waals surface area contributed by atoms with Gasteiger partial charge in [0.1, 0.15) is 5.82 Å². The molecule has 2 aromatic rings. The molecule has 0 radical (unpaired) electrons. The van der Waals surface area contributed by atoms with Crippen molar-refractivity contribution in [2.75, 3.05) is 11.5 Å². The van der Waals surface area contributed by atoms with Crippen LogP contribution in [0.4, 0.5) is 0 Å². The van der Waals surface area contributed by atoms with Gasteiger partial charge < -0.3 is 5.73 Å². The molecule has 1 saturated heterocycles. The summed E-state index contributed by atoms with van der Waals surface area (Å²) in [4.78, 5) is 0. The lowest BCUT2D eigenvalue weighted by Gasteiger charge is -2.08. The normalized spacial score (nSPS) is 22.1. The van der Waals surface area contributed by atoms with E-state index in [0.717, 1.165) is 17.2 Å². The molecule has 0 bridgehead atoms. The summed E-state index contributed by atoms with van der Waals surface area (Å²) < 4.78 is 24.9. The Balaban J connectivity index is 1.93. The lowest BCUT2D eigenvalue weighted by molar-refractivity contribution is 0.564. The van der Waals surface area contributed by atoms with Crippen LogP contribution in [0.2, 0.25) is 0 Å². The van der Waals surface area contributed by atoms with Crippen molar-refractivity contribution >= 4 is 15.5 Å². The predicted octanol–water partition coefficient (Wildman–Crippen LogP) is 0.165. The number of hydrogen-bond donors (Lipinski definition) is 1. The average Bonchev–Trinajstić information content (AvgIpc) is 2.93. The Morgan fingerprint density at radius 1 is 1.37 bits per heavy atom. The molecule has 0 amide bonds. The van der Waals surface area contributed by atoms with Crippen LogP contribution in [0, 0.1) is 5.92 Å². The second-order valence-corrected chi connectivity index (χ2v) is 7.23. The highest BCUT2D eigenvalue weighted by Crippen LogP contribution is 2.22. The van der Waals surface area contributed by atoms with Crippen molar-refractivity contribution in [1.29, 1.82) is 0 Å². The van der Waals surface area contributed by atoms with E-state index in [1.165, 1.54) is 0 Å². The van der Waals surface area contributed by atoms with Crippen LogP contribution in [0.3, 0.4) is 0 Å². The first-order chi connectivity index (χ1) is 9.09. The largest absolute Gasteiger partial charge is 0.325 e. The Labute approximate surface area is 111 Å². The van der Waals surface area contributed by atoms with Crippen LogP contribution >= 0.6 is 0 Å². The van der Waals surface area contributed by atoms with Crippen molar-refractivity contribution in [2.24, 2.45) is 11.7 Å². The minimum Gasteiger partial charge on any atom is -0.325 e. The molecule has 0 spiro atoms. The Kier molecular flexibility index (Phi) is 3.02. The highest BCUT2D eigenvalue weighted by atomic mass is 32.2. The fourth-order valence-electron chi connectivity index (χ4n) is 2.65. The zero-order valence-electron chi connectivity index (χ0n) is 10.5. The summed E-state index contributed by atoms with van der Waals surface area (Å²) in [6.07, 6.45) is 1.35. The Morgan fingerprint density at radius 3 is 2.89 bits per heavy atom. The minimum absolute atomic E-state index is 0.142. The van der Waals surface area contributed by atoms with Crippen LogP contribution in [0.1, 0.15) is 17.9 Å². The molecule has 2 aromatic heterocycles. The second-order valence-electron chi connectivity index (χ2n) is 5.00. The molecule has 1 aliphatic heterocycles. The first-order valence-corrected chi connectivity index (χ1v) is 8.13. The molecule has 6 nitrogen and oxygen atoms in total. The molecule has 1 aliphatic rings. The fourth-order valence-corrected chi connectivity index (χ4v) is 4.52. The monoisotopic (exact) mass is 280 g/mol. The van der Waals surface area contributed by atoms with E-state index < -0.39 is 9.84 Å². The standard InChI is InChI=1S/C12H16N4O2S/c13-7-10-2-1-3-11-14-15-12(16(10)11)6-9-4-5-19(17,18)8-9/h1-3,9H,4-8,13H2. The maximum Gasteiger partial charge on any atom is 0.161 e. The average molecular weight is 280 g/mol. The molecule has 1 unspecified atom stereocenters. The van der Waals surface area contributed by atoms with Crippen molar-refractivity contribution < 1.29 is 8.42 Å². The summed E-state index contributed by atoms with van der Waals surface area (Å²) in [5, 5.41) is 8.29. The molecule has 102 valence electrons. The van der Waals surface area contributed by atoms with Crippen LogP contribution in [0.5, 0.6) is 0 Å². The van der Waals surface area contributed by atoms with Gasteiger partial charge in [-0.3, -0.25) is 4.40 Å². The van der Waals surface area contributed by atoms with Gasteiger partial charge in [-0.2, -0.15) is 0 Å². The molecule has 2 N–H and O–H groups in total. The van der Waals surface area contributed by atoms with Gasteiger partial charge in [0.2, 0.25) is 0 Å². The first kappa shape index (κ1) is 12.6. The number of aromatic nitrogens is 3. The van der Waals surface area contributed by atoms with E-state index in [1.807, 2.05) is 22.6 Å². The maximum atomic E-state index is 11.5. The number of fused-ring (bicyclic) bond motifs is 1. The molecule has 0 saturated carbocycles. The lowest BCUT2D eigenvalue weighted by atomic mass is 10.1. The quantitative estimate of drug-likeness (QED) is 0.865. The number of sulfone groups is 1. The fraction of sp³-hybridized carbons (Fsp3) is 0.500. The second kappa shape index (κ2) is 4.57. The Bertz CT molecular complexity index is 708. The minimum atomic E-state index is -2.85. The number of pyridine rings is 1. The van der Waals surface area contributed by atoms with E-state index in [-0.39, 0.29) is 17.4 Å². The van der Waals surface area contributed by atoms with Gasteiger partial charge in [-0.05, 0) is 24.5 Å². The van der Waals surface area contributed by atoms with Gasteiger partial charge in [-0.25, -0.2) is 8.42 Å². The molecule has 0 aliphatic carbocycles. The van der Waals surface area contributed by atoms with E-state index in [1.54, 1.807) is 0 Å². The summed E-state index contributed by atoms with van der Waals surface area (Å²) in [7, 11) is -2.85. The van der Waals surface area contributed by atoms with E-state index >= 15 is 0 Å². The molecule has 7 heteroatoms. The number of nitrogens with two attached hydrogens (primary N) is 1. The van der Waals surface area contributed by atoms with E-state index in [0.29, 0.717) is 19.4 Å². The number of rotatable bonds is 3. The van der Waals surface area contributed by atoms with Crippen LogP contribution in [-0.2, 0) is 22.8 Å². The molecule has 3 rings (SSSR count). The summed E-state index contributed by atoms with van der Waals surface area (Å²) >= 11 is 0. The predicted molar refractivity (Wildman–Crippen MR) is 71.3 cm³/mol. The topological polar surface area (TPSA) is 90.3 Å². The molecule has 1 fully saturated rings. The first-order valence-electron chi connectivity index (χ1n) is 6.31. The van der Waals surface area contributed by atoms with Crippen LogP contribution in [-0.4, -0.2) is 34.5 Å². The van der Waals surface area contributed by atoms with E-state index in [2.05, 4.69) is 10.2 Å². The molecular weight excluding hydrogens is 264 g/mol. The van der Waals surface area contributed by atoms with Gasteiger partial charge in [0.25, 0.3) is 0 Å². The van der Waals surface area contributed by atoms with Gasteiger partial charge in [-0.1, -0.05) is 6.07 Å². The van der Waals surface area contributed by atoms with Gasteiger partial charge in [0.05, 0.1) is 11.5 Å². The molecular formula is C12H16N4O2S. The third-order valence-corrected chi connectivity index (χ3v) is 5.42. The smallest absolute Gasteiger partial charge is 0.161 e. The van der Waals surface area contributed by atoms with Crippen molar-refractivity contribution in [3.63, 3.8) is 0 Å². The molecule has 19 heavy (non-hydrogen) atoms. The van der Waals surface area contributed by atoms with Gasteiger partial charge >= 0.3 is 0 Å². The summed E-state index contributed by atoms with van der Waals surface area (Å²) in [5.41, 5.74) is 7.43. The van der Waals surface area contributed by atoms with Crippen molar-refractivity contribution in [1.82, 2.24) is 14.6 Å². The van der Waals surface area contributed by atoms with Crippen LogP contribution in [0.15, 0.2) is 18.2 Å². The van der Waals surface area contributed by atoms with E-state index in [9.17, 15) is 8.42 Å². The van der Waals surface area contributed by atoms with Gasteiger partial charge in [0, 0.05) is 18.7 Å². The van der Waals surface area contributed by atoms with Crippen molar-refractivity contribution in [3.8, 4) is 0 Å². The van der Waals surface area contributed by atoms with Crippen molar-refractivity contribution in [2.45, 2.75) is 19.4 Å². The summed E-state index contributed by atoms with van der Waals surface area (Å²) in [5.74, 6) is 1.49. The number of nitrogens with zero attached hydrogens (tertiary/aromatic N) is 3. The molecule has 0 aromatic carbocycles. The van der Waals surface area contributed by atoms with Crippen molar-refractivity contribution in [3.05, 3.63) is 29.7 Å². The zero-order valence-corrected chi connectivity index (χ0v) is 11.3. The van der Waals surface area contributed by atoms with E-state index in [4.69, 9.17) is 5.73 Å². The summed E-state index contributed by atoms with van der Waals surface area (Å²) in [6.45, 7) is 0.408. The maximum absolute atomic E-state index is 11.5. The Hall–Kier alpha value is -1.47. The highest BCUT2D eigenvalue weighted by molar-refractivity contribution is 7.91. The van der Waals surface area contributed by atoms with Gasteiger partial charge in [0.15, 0.2) is 15.5 Å². The summed E-state index contributed by atoms with van der Waals surface area (Å²) in [6, 6.07) is 5.71. The third-order valence-electron chi connectivity index (χ3n) is 3.58. The van der Waals surface area contributed by atoms with Crippen LogP contribution < -0.4 is 5.73 Å².